The van der Waals surface area contributed by atoms with Crippen LogP contribution in [-0.2, 0) is 10.8 Å². The monoisotopic (exact) mass is 711 g/mol. The first-order valence-electron chi connectivity index (χ1n) is 21.0. The second kappa shape index (κ2) is 11.5. The van der Waals surface area contributed by atoms with Crippen LogP contribution in [0.3, 0.4) is 0 Å². The van der Waals surface area contributed by atoms with Gasteiger partial charge in [-0.3, -0.25) is 0 Å². The number of nitrogens with zero attached hydrogens (tertiary/aromatic N) is 3. The molecule has 0 aliphatic heterocycles. The standard InChI is InChI=1S/C52H41N3/c1-51(2)45-33-39(54(36-22-13-7-14-23-36)37-24-15-8-16-25-37)29-31-41(45)49-47(51)43-27-17-26-42-46-40-30-28-38(32-44(40)52(3,4)50(46)55(49)48(42)43)53(34-18-9-5-10-19-34)35-20-11-6-12-21-35/h5-33H,1-4H3/i5D,6D,7D,8D. The largest absolute Gasteiger partial charge is 0.310 e. The van der Waals surface area contributed by atoms with Crippen molar-refractivity contribution in [2.24, 2.45) is 0 Å². The van der Waals surface area contributed by atoms with E-state index in [9.17, 15) is 0 Å². The summed E-state index contributed by atoms with van der Waals surface area (Å²) >= 11 is 0. The lowest BCUT2D eigenvalue weighted by molar-refractivity contribution is 0.630. The maximum atomic E-state index is 8.16. The molecule has 2 heterocycles. The first-order chi connectivity index (χ1) is 28.4. The minimum absolute atomic E-state index is 0.297. The number of fused-ring (bicyclic) bond motifs is 10. The molecule has 0 radical (unpaired) electrons. The lowest BCUT2D eigenvalue weighted by Gasteiger charge is -2.28. The van der Waals surface area contributed by atoms with E-state index in [0.717, 1.165) is 34.1 Å². The van der Waals surface area contributed by atoms with Crippen molar-refractivity contribution in [2.45, 2.75) is 38.5 Å². The van der Waals surface area contributed by atoms with Crippen LogP contribution >= 0.6 is 0 Å². The fraction of sp³-hybridized carbons (Fsp3) is 0.115. The molecular weight excluding hydrogens is 667 g/mol. The summed E-state index contributed by atoms with van der Waals surface area (Å²) in [6, 6.07) is 53.0. The molecule has 0 atom stereocenters. The smallest absolute Gasteiger partial charge is 0.0623 e. The van der Waals surface area contributed by atoms with E-state index in [1.807, 2.05) is 97.1 Å². The third-order valence-corrected chi connectivity index (χ3v) is 12.2. The van der Waals surface area contributed by atoms with Crippen molar-refractivity contribution >= 4 is 50.4 Å². The average molecular weight is 712 g/mol. The van der Waals surface area contributed by atoms with Crippen molar-refractivity contribution in [3.05, 3.63) is 198 Å². The summed E-state index contributed by atoms with van der Waals surface area (Å²) in [7, 11) is 0. The van der Waals surface area contributed by atoms with Gasteiger partial charge >= 0.3 is 0 Å². The van der Waals surface area contributed by atoms with Crippen molar-refractivity contribution in [2.75, 3.05) is 9.80 Å². The molecule has 9 aromatic rings. The third-order valence-electron chi connectivity index (χ3n) is 12.2. The summed E-state index contributed by atoms with van der Waals surface area (Å²) in [5.41, 5.74) is 16.8. The number of hydrogen-bond donors (Lipinski definition) is 0. The van der Waals surface area contributed by atoms with Gasteiger partial charge in [-0.05, 0) is 95.1 Å². The maximum absolute atomic E-state index is 8.16. The molecule has 0 bridgehead atoms. The molecule has 55 heavy (non-hydrogen) atoms. The van der Waals surface area contributed by atoms with Gasteiger partial charge in [0.2, 0.25) is 0 Å². The molecule has 7 aromatic carbocycles. The number of benzene rings is 7. The first-order valence-corrected chi connectivity index (χ1v) is 19.0. The van der Waals surface area contributed by atoms with E-state index in [0.29, 0.717) is 24.2 Å². The lowest BCUT2D eigenvalue weighted by atomic mass is 9.81. The van der Waals surface area contributed by atoms with E-state index in [-0.39, 0.29) is 10.8 Å². The van der Waals surface area contributed by atoms with Crippen LogP contribution in [-0.4, -0.2) is 4.40 Å². The van der Waals surface area contributed by atoms with Gasteiger partial charge in [0.05, 0.1) is 16.7 Å². The van der Waals surface area contributed by atoms with Gasteiger partial charge in [0.1, 0.15) is 0 Å². The van der Waals surface area contributed by atoms with Crippen molar-refractivity contribution in [3.8, 4) is 22.4 Å². The molecule has 264 valence electrons. The van der Waals surface area contributed by atoms with Gasteiger partial charge in [0.15, 0.2) is 0 Å². The molecule has 2 aliphatic rings. The van der Waals surface area contributed by atoms with Crippen molar-refractivity contribution in [3.63, 3.8) is 0 Å². The van der Waals surface area contributed by atoms with Crippen molar-refractivity contribution in [1.29, 1.82) is 0 Å². The van der Waals surface area contributed by atoms with Crippen molar-refractivity contribution < 1.29 is 5.48 Å². The topological polar surface area (TPSA) is 10.9 Å². The van der Waals surface area contributed by atoms with E-state index in [2.05, 4.69) is 96.5 Å². The zero-order valence-electron chi connectivity index (χ0n) is 35.3. The second-order valence-corrected chi connectivity index (χ2v) is 15.9. The Morgan fingerprint density at radius 2 is 0.891 bits per heavy atom. The number of aromatic nitrogens is 1. The van der Waals surface area contributed by atoms with Crippen LogP contribution < -0.4 is 9.80 Å². The molecule has 0 spiro atoms. The number of para-hydroxylation sites is 5. The quantitative estimate of drug-likeness (QED) is 0.170. The highest BCUT2D eigenvalue weighted by atomic mass is 15.1. The van der Waals surface area contributed by atoms with Crippen LogP contribution in [0.1, 0.15) is 55.6 Å². The minimum Gasteiger partial charge on any atom is -0.310 e. The molecular formula is C52H41N3. The summed E-state index contributed by atoms with van der Waals surface area (Å²) in [4.78, 5) is 4.45. The Bertz CT molecular complexity index is 3040. The molecule has 0 amide bonds. The van der Waals surface area contributed by atoms with E-state index in [1.165, 1.54) is 61.1 Å². The molecule has 2 aromatic heterocycles. The zero-order chi connectivity index (χ0) is 40.5. The average Bonchev–Trinajstić information content (AvgIpc) is 3.90. The highest BCUT2D eigenvalue weighted by Crippen LogP contribution is 2.61. The number of rotatable bonds is 6. The normalized spacial score (nSPS) is 15.5. The Morgan fingerprint density at radius 3 is 1.38 bits per heavy atom. The molecule has 3 nitrogen and oxygen atoms in total. The van der Waals surface area contributed by atoms with Gasteiger partial charge in [-0.25, -0.2) is 0 Å². The molecule has 3 heteroatoms. The fourth-order valence-electron chi connectivity index (χ4n) is 9.82. The Hall–Kier alpha value is -6.58. The van der Waals surface area contributed by atoms with E-state index in [1.54, 1.807) is 0 Å². The molecule has 0 unspecified atom stereocenters. The molecule has 2 aliphatic carbocycles. The summed E-state index contributed by atoms with van der Waals surface area (Å²) in [5.74, 6) is 0. The summed E-state index contributed by atoms with van der Waals surface area (Å²) in [5, 5.41) is 2.57. The van der Waals surface area contributed by atoms with Gasteiger partial charge in [0.25, 0.3) is 0 Å². The summed E-state index contributed by atoms with van der Waals surface area (Å²) in [6.07, 6.45) is 0. The molecule has 0 N–H and O–H groups in total. The Morgan fingerprint density at radius 1 is 0.455 bits per heavy atom. The summed E-state index contributed by atoms with van der Waals surface area (Å²) < 4.78 is 35.2. The Balaban J connectivity index is 1.10. The second-order valence-electron chi connectivity index (χ2n) is 15.9. The third kappa shape index (κ3) is 4.38. The molecule has 0 saturated heterocycles. The van der Waals surface area contributed by atoms with Gasteiger partial charge in [-0.1, -0.05) is 131 Å². The Kier molecular flexibility index (Phi) is 5.82. The van der Waals surface area contributed by atoms with E-state index in [4.69, 9.17) is 5.48 Å². The number of hydrogen-bond acceptors (Lipinski definition) is 2. The maximum Gasteiger partial charge on any atom is 0.0623 e. The van der Waals surface area contributed by atoms with Gasteiger partial charge < -0.3 is 14.2 Å². The highest BCUT2D eigenvalue weighted by Gasteiger charge is 2.46. The van der Waals surface area contributed by atoms with Crippen LogP contribution in [0.5, 0.6) is 0 Å². The SMILES string of the molecule is [2H]c1ccc(N(c2ccc([2H])cc2)c2ccc3c(c2)C(C)(C)c2c-3n3c4c(c5cccc2c53)-c2ccc(N(c3ccc([2H])cc3)c3ccc([2H])cc3)cc2C4(C)C)cc1. The predicted molar refractivity (Wildman–Crippen MR) is 231 cm³/mol. The zero-order valence-corrected chi connectivity index (χ0v) is 31.3. The first kappa shape index (κ1) is 27.9. The fourth-order valence-corrected chi connectivity index (χ4v) is 9.82. The van der Waals surface area contributed by atoms with Crippen LogP contribution in [0.2, 0.25) is 0 Å². The summed E-state index contributed by atoms with van der Waals surface area (Å²) in [6.45, 7) is 9.45. The lowest BCUT2D eigenvalue weighted by Crippen LogP contribution is -2.19. The van der Waals surface area contributed by atoms with Gasteiger partial charge in [-0.15, -0.1) is 0 Å². The Labute approximate surface area is 328 Å². The van der Waals surface area contributed by atoms with E-state index < -0.39 is 0 Å². The van der Waals surface area contributed by atoms with Crippen LogP contribution in [0.15, 0.2) is 176 Å². The number of anilines is 6. The van der Waals surface area contributed by atoms with Crippen LogP contribution in [0.4, 0.5) is 34.1 Å². The predicted octanol–water partition coefficient (Wildman–Crippen LogP) is 14.1. The van der Waals surface area contributed by atoms with Crippen LogP contribution in [0, 0.1) is 0 Å². The van der Waals surface area contributed by atoms with Crippen molar-refractivity contribution in [1.82, 2.24) is 4.40 Å². The minimum atomic E-state index is -0.348. The van der Waals surface area contributed by atoms with Gasteiger partial charge in [0, 0.05) is 72.5 Å². The molecule has 0 fully saturated rings. The highest BCUT2D eigenvalue weighted by molar-refractivity contribution is 6.14. The van der Waals surface area contributed by atoms with Gasteiger partial charge in [-0.2, -0.15) is 0 Å². The molecule has 0 saturated carbocycles. The molecule has 11 rings (SSSR count). The van der Waals surface area contributed by atoms with Crippen LogP contribution in [0.25, 0.3) is 38.7 Å². The van der Waals surface area contributed by atoms with E-state index >= 15 is 0 Å².